The lowest BCUT2D eigenvalue weighted by atomic mass is 10.3. The first kappa shape index (κ1) is 16.4. The number of hydrogen-bond acceptors (Lipinski definition) is 5. The van der Waals surface area contributed by atoms with Gasteiger partial charge in [-0.05, 0) is 23.9 Å². The summed E-state index contributed by atoms with van der Waals surface area (Å²) >= 11 is 1.43. The van der Waals surface area contributed by atoms with Crippen LogP contribution in [-0.2, 0) is 11.3 Å². The second-order valence-corrected chi connectivity index (χ2v) is 6.48. The molecule has 8 heteroatoms. The Bertz CT molecular complexity index is 772. The zero-order valence-electron chi connectivity index (χ0n) is 13.1. The van der Waals surface area contributed by atoms with Gasteiger partial charge in [0.15, 0.2) is 0 Å². The van der Waals surface area contributed by atoms with Crippen LogP contribution in [0.5, 0.6) is 0 Å². The number of aromatic nitrogens is 2. The molecule has 1 saturated heterocycles. The number of carbonyl (C=O) groups is 2. The summed E-state index contributed by atoms with van der Waals surface area (Å²) in [5, 5.41) is 1.88. The molecule has 0 N–H and O–H groups in total. The van der Waals surface area contributed by atoms with E-state index in [1.807, 2.05) is 17.5 Å². The molecule has 2 aromatic heterocycles. The van der Waals surface area contributed by atoms with Crippen LogP contribution in [0.3, 0.4) is 0 Å². The highest BCUT2D eigenvalue weighted by Crippen LogP contribution is 2.14. The minimum atomic E-state index is -0.435. The molecule has 1 fully saturated rings. The average molecular weight is 346 g/mol. The molecular weight excluding hydrogens is 328 g/mol. The van der Waals surface area contributed by atoms with Crippen LogP contribution >= 0.6 is 11.3 Å². The molecule has 0 radical (unpaired) electrons. The Morgan fingerprint density at radius 1 is 1.12 bits per heavy atom. The first-order valence-electron chi connectivity index (χ1n) is 7.77. The van der Waals surface area contributed by atoms with Crippen LogP contribution in [-0.4, -0.2) is 57.3 Å². The van der Waals surface area contributed by atoms with Crippen LogP contribution in [0.2, 0.25) is 0 Å². The van der Waals surface area contributed by atoms with Crippen molar-refractivity contribution in [2.45, 2.75) is 13.0 Å². The van der Waals surface area contributed by atoms with Gasteiger partial charge in [0.1, 0.15) is 6.54 Å². The Kier molecular flexibility index (Phi) is 5.05. The van der Waals surface area contributed by atoms with Crippen LogP contribution in [0.1, 0.15) is 16.1 Å². The third-order valence-corrected chi connectivity index (χ3v) is 4.81. The van der Waals surface area contributed by atoms with Gasteiger partial charge in [0.2, 0.25) is 5.91 Å². The monoisotopic (exact) mass is 346 g/mol. The molecule has 0 spiro atoms. The lowest BCUT2D eigenvalue weighted by molar-refractivity contribution is -0.131. The average Bonchev–Trinajstić information content (AvgIpc) is 3.00. The van der Waals surface area contributed by atoms with Gasteiger partial charge in [-0.1, -0.05) is 6.07 Å². The summed E-state index contributed by atoms with van der Waals surface area (Å²) in [6, 6.07) is 5.30. The maximum Gasteiger partial charge on any atom is 0.347 e. The van der Waals surface area contributed by atoms with E-state index in [2.05, 4.69) is 4.98 Å². The predicted octanol–water partition coefficient (Wildman–Crippen LogP) is 0.680. The van der Waals surface area contributed by atoms with Crippen molar-refractivity contribution in [3.05, 3.63) is 51.3 Å². The Morgan fingerprint density at radius 3 is 2.67 bits per heavy atom. The fourth-order valence-corrected chi connectivity index (χ4v) is 3.37. The highest BCUT2D eigenvalue weighted by atomic mass is 32.1. The van der Waals surface area contributed by atoms with Gasteiger partial charge in [0.25, 0.3) is 5.91 Å². The van der Waals surface area contributed by atoms with Crippen molar-refractivity contribution < 1.29 is 9.59 Å². The molecule has 1 aliphatic rings. The normalized spacial score (nSPS) is 15.2. The summed E-state index contributed by atoms with van der Waals surface area (Å²) in [6.45, 7) is 2.18. The number of carbonyl (C=O) groups excluding carboxylic acids is 2. The molecule has 24 heavy (non-hydrogen) atoms. The minimum absolute atomic E-state index is 0.0165. The van der Waals surface area contributed by atoms with Gasteiger partial charge in [0, 0.05) is 38.6 Å². The van der Waals surface area contributed by atoms with Crippen LogP contribution in [0.25, 0.3) is 0 Å². The van der Waals surface area contributed by atoms with Crippen molar-refractivity contribution in [1.29, 1.82) is 0 Å². The standard InChI is InChI=1S/C16H18N4O3S/c21-14(12-20-6-2-5-17-16(20)23)18-7-3-8-19(10-9-18)15(22)13-4-1-11-24-13/h1-2,4-6,11H,3,7-10,12H2. The number of amides is 2. The van der Waals surface area contributed by atoms with Crippen molar-refractivity contribution in [1.82, 2.24) is 19.4 Å². The van der Waals surface area contributed by atoms with E-state index < -0.39 is 5.69 Å². The van der Waals surface area contributed by atoms with E-state index in [1.54, 1.807) is 22.1 Å². The van der Waals surface area contributed by atoms with Gasteiger partial charge in [0.05, 0.1) is 4.88 Å². The highest BCUT2D eigenvalue weighted by molar-refractivity contribution is 7.12. The zero-order valence-corrected chi connectivity index (χ0v) is 13.9. The number of rotatable bonds is 3. The molecule has 1 aliphatic heterocycles. The van der Waals surface area contributed by atoms with Gasteiger partial charge < -0.3 is 9.80 Å². The van der Waals surface area contributed by atoms with Crippen molar-refractivity contribution in [2.75, 3.05) is 26.2 Å². The Morgan fingerprint density at radius 2 is 1.92 bits per heavy atom. The largest absolute Gasteiger partial charge is 0.347 e. The molecule has 7 nitrogen and oxygen atoms in total. The van der Waals surface area contributed by atoms with E-state index in [9.17, 15) is 14.4 Å². The van der Waals surface area contributed by atoms with Crippen molar-refractivity contribution >= 4 is 23.2 Å². The smallest absolute Gasteiger partial charge is 0.339 e. The van der Waals surface area contributed by atoms with Crippen LogP contribution in [0.4, 0.5) is 0 Å². The van der Waals surface area contributed by atoms with E-state index in [4.69, 9.17) is 0 Å². The quantitative estimate of drug-likeness (QED) is 0.819. The molecular formula is C16H18N4O3S. The number of nitrogens with zero attached hydrogens (tertiary/aromatic N) is 4. The third kappa shape index (κ3) is 3.70. The lowest BCUT2D eigenvalue weighted by Crippen LogP contribution is -2.40. The fraction of sp³-hybridized carbons (Fsp3) is 0.375. The molecule has 0 unspecified atom stereocenters. The first-order valence-corrected chi connectivity index (χ1v) is 8.65. The van der Waals surface area contributed by atoms with Gasteiger partial charge in [-0.15, -0.1) is 11.3 Å². The maximum atomic E-state index is 12.4. The molecule has 2 amide bonds. The molecule has 0 bridgehead atoms. The molecule has 126 valence electrons. The van der Waals surface area contributed by atoms with Crippen LogP contribution < -0.4 is 5.69 Å². The summed E-state index contributed by atoms with van der Waals surface area (Å²) in [5.74, 6) is -0.113. The summed E-state index contributed by atoms with van der Waals surface area (Å²) in [6.07, 6.45) is 3.69. The van der Waals surface area contributed by atoms with E-state index in [1.165, 1.54) is 22.1 Å². The molecule has 0 aromatic carbocycles. The Labute approximate surface area is 143 Å². The van der Waals surface area contributed by atoms with Crippen molar-refractivity contribution in [3.63, 3.8) is 0 Å². The van der Waals surface area contributed by atoms with Gasteiger partial charge in [-0.25, -0.2) is 9.78 Å². The highest BCUT2D eigenvalue weighted by Gasteiger charge is 2.23. The minimum Gasteiger partial charge on any atom is -0.339 e. The number of thiophene rings is 1. The molecule has 0 aliphatic carbocycles. The molecule has 3 rings (SSSR count). The second-order valence-electron chi connectivity index (χ2n) is 5.53. The summed E-state index contributed by atoms with van der Waals surface area (Å²) in [4.78, 5) is 44.3. The molecule has 0 atom stereocenters. The van der Waals surface area contributed by atoms with Gasteiger partial charge >= 0.3 is 5.69 Å². The summed E-state index contributed by atoms with van der Waals surface area (Å²) < 4.78 is 1.29. The van der Waals surface area contributed by atoms with E-state index >= 15 is 0 Å². The zero-order chi connectivity index (χ0) is 16.9. The van der Waals surface area contributed by atoms with E-state index in [-0.39, 0.29) is 18.4 Å². The molecule has 2 aromatic rings. The topological polar surface area (TPSA) is 75.5 Å². The lowest BCUT2D eigenvalue weighted by Gasteiger charge is -2.22. The predicted molar refractivity (Wildman–Crippen MR) is 89.9 cm³/mol. The van der Waals surface area contributed by atoms with E-state index in [0.29, 0.717) is 26.2 Å². The SMILES string of the molecule is O=C(Cn1cccnc1=O)N1CCCN(C(=O)c2cccs2)CC1. The Balaban J connectivity index is 1.61. The van der Waals surface area contributed by atoms with Crippen molar-refractivity contribution in [3.8, 4) is 0 Å². The van der Waals surface area contributed by atoms with Crippen LogP contribution in [0, 0.1) is 0 Å². The third-order valence-electron chi connectivity index (χ3n) is 3.96. The van der Waals surface area contributed by atoms with E-state index in [0.717, 1.165) is 11.3 Å². The summed E-state index contributed by atoms with van der Waals surface area (Å²) in [7, 11) is 0. The first-order chi connectivity index (χ1) is 11.6. The Hall–Kier alpha value is -2.48. The maximum absolute atomic E-state index is 12.4. The number of hydrogen-bond donors (Lipinski definition) is 0. The summed E-state index contributed by atoms with van der Waals surface area (Å²) in [5.41, 5.74) is -0.435. The molecule has 3 heterocycles. The van der Waals surface area contributed by atoms with Gasteiger partial charge in [-0.2, -0.15) is 0 Å². The second kappa shape index (κ2) is 7.39. The van der Waals surface area contributed by atoms with Gasteiger partial charge in [-0.3, -0.25) is 14.2 Å². The molecule has 0 saturated carbocycles. The van der Waals surface area contributed by atoms with Crippen molar-refractivity contribution in [2.24, 2.45) is 0 Å². The van der Waals surface area contributed by atoms with Crippen LogP contribution in [0.15, 0.2) is 40.8 Å². The fourth-order valence-electron chi connectivity index (χ4n) is 2.68.